The Morgan fingerprint density at radius 3 is 2.79 bits per heavy atom. The van der Waals surface area contributed by atoms with Gasteiger partial charge in [0.05, 0.1) is 0 Å². The number of likely N-dealkylation sites (N-methyl/N-ethyl adjacent to an activating group) is 1. The first-order valence-electron chi connectivity index (χ1n) is 5.47. The minimum absolute atomic E-state index is 0.297. The predicted molar refractivity (Wildman–Crippen MR) is 58.4 cm³/mol. The fraction of sp³-hybridized carbons (Fsp3) is 0.909. The summed E-state index contributed by atoms with van der Waals surface area (Å²) in [4.78, 5) is 15.8. The van der Waals surface area contributed by atoms with Crippen LogP contribution in [0.4, 0.5) is 0 Å². The molecule has 1 unspecified atom stereocenters. The third-order valence-corrected chi connectivity index (χ3v) is 2.94. The Labute approximate surface area is 87.1 Å². The highest BCUT2D eigenvalue weighted by Gasteiger charge is 2.22. The van der Waals surface area contributed by atoms with E-state index in [4.69, 9.17) is 0 Å². The van der Waals surface area contributed by atoms with Gasteiger partial charge in [0.1, 0.15) is 5.78 Å². The second-order valence-electron chi connectivity index (χ2n) is 4.55. The summed E-state index contributed by atoms with van der Waals surface area (Å²) in [6, 6.07) is 0. The van der Waals surface area contributed by atoms with E-state index in [-0.39, 0.29) is 0 Å². The highest BCUT2D eigenvalue weighted by Crippen LogP contribution is 2.16. The molecule has 3 nitrogen and oxygen atoms in total. The lowest BCUT2D eigenvalue weighted by Gasteiger charge is -2.32. The van der Waals surface area contributed by atoms with Crippen LogP contribution in [0.2, 0.25) is 0 Å². The molecule has 1 aliphatic heterocycles. The second-order valence-corrected chi connectivity index (χ2v) is 4.55. The third kappa shape index (κ3) is 3.76. The van der Waals surface area contributed by atoms with Crippen molar-refractivity contribution < 1.29 is 4.79 Å². The van der Waals surface area contributed by atoms with Gasteiger partial charge in [0.25, 0.3) is 0 Å². The molecule has 1 aliphatic rings. The highest BCUT2D eigenvalue weighted by molar-refractivity contribution is 5.78. The van der Waals surface area contributed by atoms with Crippen LogP contribution < -0.4 is 0 Å². The molecule has 0 spiro atoms. The average molecular weight is 198 g/mol. The Kier molecular flexibility index (Phi) is 4.55. The fourth-order valence-electron chi connectivity index (χ4n) is 1.93. The first-order valence-corrected chi connectivity index (χ1v) is 5.47. The van der Waals surface area contributed by atoms with E-state index >= 15 is 0 Å². The van der Waals surface area contributed by atoms with Crippen LogP contribution in [0.1, 0.15) is 19.8 Å². The number of hydrogen-bond acceptors (Lipinski definition) is 3. The van der Waals surface area contributed by atoms with Crippen LogP contribution in [0.5, 0.6) is 0 Å². The van der Waals surface area contributed by atoms with Crippen molar-refractivity contribution in [1.29, 1.82) is 0 Å². The first kappa shape index (κ1) is 11.7. The Bertz CT molecular complexity index is 192. The van der Waals surface area contributed by atoms with Crippen LogP contribution in [0.3, 0.4) is 0 Å². The van der Waals surface area contributed by atoms with Gasteiger partial charge in [-0.25, -0.2) is 0 Å². The summed E-state index contributed by atoms with van der Waals surface area (Å²) in [5.41, 5.74) is 0. The summed E-state index contributed by atoms with van der Waals surface area (Å²) in [5, 5.41) is 0. The van der Waals surface area contributed by atoms with Crippen molar-refractivity contribution in [2.24, 2.45) is 5.92 Å². The maximum Gasteiger partial charge on any atom is 0.134 e. The molecule has 1 fully saturated rings. The molecule has 0 amide bonds. The standard InChI is InChI=1S/C11H22N2O/c1-10(14)11-5-4-6-13(9-11)8-7-12(2)3/h11H,4-9H2,1-3H3. The number of Topliss-reactive ketones (excluding diaryl/α,β-unsaturated/α-hetero) is 1. The monoisotopic (exact) mass is 198 g/mol. The molecule has 14 heavy (non-hydrogen) atoms. The number of nitrogens with zero attached hydrogens (tertiary/aromatic N) is 2. The summed E-state index contributed by atoms with van der Waals surface area (Å²) in [5.74, 6) is 0.658. The molecule has 0 bridgehead atoms. The van der Waals surface area contributed by atoms with Crippen molar-refractivity contribution in [3.05, 3.63) is 0 Å². The van der Waals surface area contributed by atoms with Crippen LogP contribution >= 0.6 is 0 Å². The first-order chi connectivity index (χ1) is 6.59. The zero-order valence-electron chi connectivity index (χ0n) is 9.62. The molecule has 82 valence electrons. The molecule has 1 heterocycles. The average Bonchev–Trinajstić information content (AvgIpc) is 2.15. The van der Waals surface area contributed by atoms with Crippen molar-refractivity contribution in [2.75, 3.05) is 40.3 Å². The molecule has 0 aromatic carbocycles. The van der Waals surface area contributed by atoms with Crippen LogP contribution in [-0.2, 0) is 4.79 Å². The van der Waals surface area contributed by atoms with E-state index in [0.29, 0.717) is 11.7 Å². The smallest absolute Gasteiger partial charge is 0.134 e. The van der Waals surface area contributed by atoms with E-state index in [2.05, 4.69) is 23.9 Å². The molecule has 1 atom stereocenters. The summed E-state index contributed by atoms with van der Waals surface area (Å²) in [6.45, 7) is 6.04. The van der Waals surface area contributed by atoms with E-state index < -0.39 is 0 Å². The van der Waals surface area contributed by atoms with Crippen molar-refractivity contribution in [2.45, 2.75) is 19.8 Å². The molecule has 0 aromatic heterocycles. The second kappa shape index (κ2) is 5.47. The summed E-state index contributed by atoms with van der Waals surface area (Å²) in [6.07, 6.45) is 2.27. The minimum Gasteiger partial charge on any atom is -0.308 e. The zero-order valence-corrected chi connectivity index (χ0v) is 9.62. The molecule has 0 N–H and O–H groups in total. The van der Waals surface area contributed by atoms with Crippen molar-refractivity contribution in [3.8, 4) is 0 Å². The number of ketones is 1. The van der Waals surface area contributed by atoms with E-state index in [1.54, 1.807) is 6.92 Å². The number of likely N-dealkylation sites (tertiary alicyclic amines) is 1. The van der Waals surface area contributed by atoms with Crippen LogP contribution in [0.25, 0.3) is 0 Å². The Morgan fingerprint density at radius 2 is 2.21 bits per heavy atom. The van der Waals surface area contributed by atoms with Gasteiger partial charge in [-0.05, 0) is 40.4 Å². The van der Waals surface area contributed by atoms with E-state index in [0.717, 1.165) is 32.6 Å². The molecular formula is C11H22N2O. The van der Waals surface area contributed by atoms with Crippen LogP contribution in [0.15, 0.2) is 0 Å². The van der Waals surface area contributed by atoms with E-state index in [1.165, 1.54) is 6.42 Å². The predicted octanol–water partition coefficient (Wildman–Crippen LogP) is 0.849. The van der Waals surface area contributed by atoms with Crippen molar-refractivity contribution in [1.82, 2.24) is 9.80 Å². The number of carbonyl (C=O) groups excluding carboxylic acids is 1. The maximum atomic E-state index is 11.2. The van der Waals surface area contributed by atoms with Gasteiger partial charge < -0.3 is 9.80 Å². The Hall–Kier alpha value is -0.410. The fourth-order valence-corrected chi connectivity index (χ4v) is 1.93. The normalized spacial score (nSPS) is 24.1. The van der Waals surface area contributed by atoms with Gasteiger partial charge in [0, 0.05) is 25.6 Å². The number of carbonyl (C=O) groups is 1. The van der Waals surface area contributed by atoms with Gasteiger partial charge >= 0.3 is 0 Å². The van der Waals surface area contributed by atoms with Crippen molar-refractivity contribution in [3.63, 3.8) is 0 Å². The molecule has 1 rings (SSSR count). The zero-order chi connectivity index (χ0) is 10.6. The number of piperidine rings is 1. The summed E-state index contributed by atoms with van der Waals surface area (Å²) < 4.78 is 0. The van der Waals surface area contributed by atoms with Crippen molar-refractivity contribution >= 4 is 5.78 Å². The van der Waals surface area contributed by atoms with Crippen LogP contribution in [-0.4, -0.2) is 55.9 Å². The van der Waals surface area contributed by atoms with E-state index in [1.807, 2.05) is 0 Å². The van der Waals surface area contributed by atoms with Gasteiger partial charge in [0.15, 0.2) is 0 Å². The molecular weight excluding hydrogens is 176 g/mol. The summed E-state index contributed by atoms with van der Waals surface area (Å²) >= 11 is 0. The topological polar surface area (TPSA) is 23.6 Å². The molecule has 0 aromatic rings. The van der Waals surface area contributed by atoms with Gasteiger partial charge in [-0.2, -0.15) is 0 Å². The third-order valence-electron chi connectivity index (χ3n) is 2.94. The van der Waals surface area contributed by atoms with Gasteiger partial charge in [0.2, 0.25) is 0 Å². The Balaban J connectivity index is 2.29. The number of hydrogen-bond donors (Lipinski definition) is 0. The molecule has 0 radical (unpaired) electrons. The molecule has 0 aliphatic carbocycles. The molecule has 3 heteroatoms. The van der Waals surface area contributed by atoms with Gasteiger partial charge in [-0.15, -0.1) is 0 Å². The summed E-state index contributed by atoms with van der Waals surface area (Å²) in [7, 11) is 4.18. The Morgan fingerprint density at radius 1 is 1.50 bits per heavy atom. The lowest BCUT2D eigenvalue weighted by molar-refractivity contribution is -0.122. The van der Waals surface area contributed by atoms with Gasteiger partial charge in [-0.1, -0.05) is 0 Å². The highest BCUT2D eigenvalue weighted by atomic mass is 16.1. The van der Waals surface area contributed by atoms with Crippen LogP contribution in [0, 0.1) is 5.92 Å². The molecule has 1 saturated heterocycles. The minimum atomic E-state index is 0.297. The quantitative estimate of drug-likeness (QED) is 0.669. The largest absolute Gasteiger partial charge is 0.308 e. The number of rotatable bonds is 4. The van der Waals surface area contributed by atoms with Gasteiger partial charge in [-0.3, -0.25) is 4.79 Å². The SMILES string of the molecule is CC(=O)C1CCCN(CCN(C)C)C1. The lowest BCUT2D eigenvalue weighted by Crippen LogP contribution is -2.41. The van der Waals surface area contributed by atoms with E-state index in [9.17, 15) is 4.79 Å². The molecule has 0 saturated carbocycles. The lowest BCUT2D eigenvalue weighted by atomic mass is 9.95. The maximum absolute atomic E-state index is 11.2.